The first-order valence-corrected chi connectivity index (χ1v) is 8.33. The Balaban J connectivity index is 1.91. The lowest BCUT2D eigenvalue weighted by atomic mass is 10.1. The molecule has 1 heterocycles. The summed E-state index contributed by atoms with van der Waals surface area (Å²) in [7, 11) is 4.19. The van der Waals surface area contributed by atoms with Gasteiger partial charge < -0.3 is 15.1 Å². The Bertz CT molecular complexity index is 584. The fraction of sp³-hybridized carbons (Fsp3) is 0.556. The van der Waals surface area contributed by atoms with Crippen LogP contribution in [0.25, 0.3) is 0 Å². The molecule has 1 fully saturated rings. The molecule has 2 rings (SSSR count). The number of quaternary nitrogens is 1. The highest BCUT2D eigenvalue weighted by atomic mass is 16.2. The molecule has 1 aromatic carbocycles. The Hall–Kier alpha value is -1.88. The van der Waals surface area contributed by atoms with Gasteiger partial charge in [-0.25, -0.2) is 0 Å². The number of carbonyl (C=O) groups excluding carboxylic acids is 2. The van der Waals surface area contributed by atoms with Crippen LogP contribution in [0.3, 0.4) is 0 Å². The van der Waals surface area contributed by atoms with Gasteiger partial charge in [0.05, 0.1) is 26.6 Å². The summed E-state index contributed by atoms with van der Waals surface area (Å²) < 4.78 is 0. The molecular weight excluding hydrogens is 290 g/mol. The summed E-state index contributed by atoms with van der Waals surface area (Å²) in [6, 6.07) is 6.00. The summed E-state index contributed by atoms with van der Waals surface area (Å²) in [5.41, 5.74) is 3.26. The van der Waals surface area contributed by atoms with E-state index in [1.807, 2.05) is 25.1 Å². The molecule has 23 heavy (non-hydrogen) atoms. The number of anilines is 1. The van der Waals surface area contributed by atoms with Gasteiger partial charge in [0, 0.05) is 31.6 Å². The van der Waals surface area contributed by atoms with Gasteiger partial charge in [-0.15, -0.1) is 0 Å². The van der Waals surface area contributed by atoms with Gasteiger partial charge in [0.2, 0.25) is 11.8 Å². The molecule has 0 radical (unpaired) electrons. The van der Waals surface area contributed by atoms with Crippen molar-refractivity contribution in [3.05, 3.63) is 29.3 Å². The molecule has 1 aliphatic heterocycles. The van der Waals surface area contributed by atoms with Gasteiger partial charge in [-0.05, 0) is 37.1 Å². The van der Waals surface area contributed by atoms with E-state index in [-0.39, 0.29) is 17.7 Å². The Morgan fingerprint density at radius 1 is 1.30 bits per heavy atom. The second-order valence-electron chi connectivity index (χ2n) is 6.78. The third kappa shape index (κ3) is 4.55. The van der Waals surface area contributed by atoms with Crippen molar-refractivity contribution < 1.29 is 14.5 Å². The van der Waals surface area contributed by atoms with Crippen LogP contribution in [0.4, 0.5) is 5.69 Å². The van der Waals surface area contributed by atoms with Crippen LogP contribution in [0.15, 0.2) is 18.2 Å². The summed E-state index contributed by atoms with van der Waals surface area (Å²) in [6.45, 7) is 6.27. The highest BCUT2D eigenvalue weighted by Crippen LogP contribution is 2.26. The van der Waals surface area contributed by atoms with Crippen molar-refractivity contribution in [3.63, 3.8) is 0 Å². The molecule has 1 aromatic rings. The topological polar surface area (TPSA) is 53.9 Å². The molecule has 1 aliphatic rings. The summed E-state index contributed by atoms with van der Waals surface area (Å²) in [5, 5.41) is 2.96. The van der Waals surface area contributed by atoms with Crippen LogP contribution in [-0.4, -0.2) is 45.5 Å². The van der Waals surface area contributed by atoms with Crippen LogP contribution in [0, 0.1) is 19.8 Å². The maximum atomic E-state index is 12.2. The average molecular weight is 318 g/mol. The van der Waals surface area contributed by atoms with Crippen molar-refractivity contribution in [1.82, 2.24) is 5.32 Å². The molecule has 5 heteroatoms. The Kier molecular flexibility index (Phi) is 5.77. The minimum atomic E-state index is -0.240. The second kappa shape index (κ2) is 7.59. The first-order valence-electron chi connectivity index (χ1n) is 8.33. The van der Waals surface area contributed by atoms with Crippen molar-refractivity contribution in [2.75, 3.05) is 38.6 Å². The standard InChI is InChI=1S/C18H27N3O2/c1-13-6-7-16(10-14(13)2)21-12-15(11-17(21)22)18(23)19-8-5-9-20(3)4/h6-7,10,15H,5,8-9,11-12H2,1-4H3,(H,19,23)/p+1/t15-/m1/s1. The zero-order valence-electron chi connectivity index (χ0n) is 14.6. The summed E-state index contributed by atoms with van der Waals surface area (Å²) in [5.74, 6) is -0.208. The van der Waals surface area contributed by atoms with Crippen LogP contribution < -0.4 is 15.1 Å². The van der Waals surface area contributed by atoms with Gasteiger partial charge in [0.1, 0.15) is 0 Å². The number of amides is 2. The van der Waals surface area contributed by atoms with Gasteiger partial charge in [-0.3, -0.25) is 9.59 Å². The second-order valence-corrected chi connectivity index (χ2v) is 6.78. The van der Waals surface area contributed by atoms with Crippen LogP contribution >= 0.6 is 0 Å². The van der Waals surface area contributed by atoms with Gasteiger partial charge in [0.15, 0.2) is 0 Å². The molecule has 1 saturated heterocycles. The van der Waals surface area contributed by atoms with E-state index in [0.717, 1.165) is 24.2 Å². The molecule has 2 N–H and O–H groups in total. The van der Waals surface area contributed by atoms with Gasteiger partial charge in [0.25, 0.3) is 0 Å². The van der Waals surface area contributed by atoms with E-state index in [4.69, 9.17) is 0 Å². The Labute approximate surface area is 138 Å². The lowest BCUT2D eigenvalue weighted by Crippen LogP contribution is -3.05. The minimum Gasteiger partial charge on any atom is -0.356 e. The minimum absolute atomic E-state index is 0.00144. The quantitative estimate of drug-likeness (QED) is 0.742. The third-order valence-corrected chi connectivity index (χ3v) is 4.45. The van der Waals surface area contributed by atoms with Crippen LogP contribution in [0.1, 0.15) is 24.0 Å². The first-order chi connectivity index (χ1) is 10.9. The number of aryl methyl sites for hydroxylation is 2. The predicted molar refractivity (Wildman–Crippen MR) is 91.7 cm³/mol. The van der Waals surface area contributed by atoms with E-state index in [1.54, 1.807) is 4.90 Å². The molecule has 0 aromatic heterocycles. The van der Waals surface area contributed by atoms with Crippen molar-refractivity contribution in [2.45, 2.75) is 26.7 Å². The van der Waals surface area contributed by atoms with E-state index in [0.29, 0.717) is 19.5 Å². The summed E-state index contributed by atoms with van der Waals surface area (Å²) in [6.07, 6.45) is 1.26. The number of rotatable bonds is 6. The number of carbonyl (C=O) groups is 2. The third-order valence-electron chi connectivity index (χ3n) is 4.45. The van der Waals surface area contributed by atoms with Crippen LogP contribution in [-0.2, 0) is 9.59 Å². The SMILES string of the molecule is Cc1ccc(N2C[C@H](C(=O)NCCC[NH+](C)C)CC2=O)cc1C. The van der Waals surface area contributed by atoms with Crippen molar-refractivity contribution in [2.24, 2.45) is 5.92 Å². The van der Waals surface area contributed by atoms with E-state index in [9.17, 15) is 9.59 Å². The molecular formula is C18H28N3O2+. The molecule has 126 valence electrons. The predicted octanol–water partition coefficient (Wildman–Crippen LogP) is 0.307. The first kappa shape index (κ1) is 17.5. The molecule has 2 amide bonds. The molecule has 0 unspecified atom stereocenters. The van der Waals surface area contributed by atoms with Gasteiger partial charge >= 0.3 is 0 Å². The van der Waals surface area contributed by atoms with Gasteiger partial charge in [-0.1, -0.05) is 6.07 Å². The molecule has 0 saturated carbocycles. The maximum absolute atomic E-state index is 12.2. The molecule has 0 spiro atoms. The lowest BCUT2D eigenvalue weighted by molar-refractivity contribution is -0.858. The van der Waals surface area contributed by atoms with E-state index < -0.39 is 0 Å². The lowest BCUT2D eigenvalue weighted by Gasteiger charge is -2.18. The molecule has 0 aliphatic carbocycles. The summed E-state index contributed by atoms with van der Waals surface area (Å²) in [4.78, 5) is 27.6. The smallest absolute Gasteiger partial charge is 0.227 e. The van der Waals surface area contributed by atoms with Crippen LogP contribution in [0.2, 0.25) is 0 Å². The fourth-order valence-corrected chi connectivity index (χ4v) is 2.82. The van der Waals surface area contributed by atoms with E-state index >= 15 is 0 Å². The Morgan fingerprint density at radius 2 is 2.04 bits per heavy atom. The number of hydrogen-bond acceptors (Lipinski definition) is 2. The number of benzene rings is 1. The largest absolute Gasteiger partial charge is 0.356 e. The van der Waals surface area contributed by atoms with Crippen molar-refractivity contribution in [1.29, 1.82) is 0 Å². The van der Waals surface area contributed by atoms with Crippen LogP contribution in [0.5, 0.6) is 0 Å². The van der Waals surface area contributed by atoms with Gasteiger partial charge in [-0.2, -0.15) is 0 Å². The normalized spacial score (nSPS) is 17.9. The van der Waals surface area contributed by atoms with E-state index in [1.165, 1.54) is 10.5 Å². The molecule has 1 atom stereocenters. The number of nitrogens with one attached hydrogen (secondary N) is 2. The highest BCUT2D eigenvalue weighted by Gasteiger charge is 2.35. The van der Waals surface area contributed by atoms with Crippen molar-refractivity contribution in [3.8, 4) is 0 Å². The monoisotopic (exact) mass is 318 g/mol. The maximum Gasteiger partial charge on any atom is 0.227 e. The van der Waals surface area contributed by atoms with Crippen molar-refractivity contribution >= 4 is 17.5 Å². The zero-order chi connectivity index (χ0) is 17.0. The number of nitrogens with zero attached hydrogens (tertiary/aromatic N) is 1. The fourth-order valence-electron chi connectivity index (χ4n) is 2.82. The molecule has 0 bridgehead atoms. The zero-order valence-corrected chi connectivity index (χ0v) is 14.6. The average Bonchev–Trinajstić information content (AvgIpc) is 2.88. The summed E-state index contributed by atoms with van der Waals surface area (Å²) >= 11 is 0. The molecule has 5 nitrogen and oxygen atoms in total. The van der Waals surface area contributed by atoms with E-state index in [2.05, 4.69) is 26.3 Å². The number of hydrogen-bond donors (Lipinski definition) is 2. The highest BCUT2D eigenvalue weighted by molar-refractivity contribution is 6.00. The Morgan fingerprint density at radius 3 is 2.70 bits per heavy atom.